The molecule has 1 aromatic carbocycles. The number of carbonyl (C=O) groups excluding carboxylic acids is 7. The highest BCUT2D eigenvalue weighted by molar-refractivity contribution is 14.1. The molecule has 10 aliphatic rings. The molecule has 4 heterocycles. The van der Waals surface area contributed by atoms with Crippen molar-refractivity contribution in [3.05, 3.63) is 29.8 Å². The zero-order chi connectivity index (χ0) is 65.8. The van der Waals surface area contributed by atoms with Crippen LogP contribution in [0.3, 0.4) is 0 Å². The first-order chi connectivity index (χ1) is 40.1. The SMILES string of the molecule is CC(I)C(=O)OC1C2CC3C1OC(=O)C3C2C(=O)OC1CC(C)(C)N(C)C(C)(C)C1.CN1C(C)(C)CC(OC(=O)C23CC4CC(CC(OC(=O)C(C)(C)I)(C4)C2)C3)CC1(C)C.CN1C(C)(C)CC(OC(=O)c2ccc(OC(=O)C(C)(C)I)cc2)CC1(C)C. The summed E-state index contributed by atoms with van der Waals surface area (Å²) >= 11 is 6.19. The molecular formula is C68H102I3N3O14. The molecule has 0 amide bonds. The quantitative estimate of drug-likeness (QED) is 0.0630. The number of fused-ring (bicyclic) bond motifs is 1. The van der Waals surface area contributed by atoms with E-state index >= 15 is 0 Å². The van der Waals surface area contributed by atoms with Gasteiger partial charge in [0.05, 0.1) is 22.8 Å². The number of alkyl halides is 3. The molecule has 0 N–H and O–H groups in total. The zero-order valence-electron chi connectivity index (χ0n) is 56.1. The Morgan fingerprint density at radius 1 is 0.580 bits per heavy atom. The summed E-state index contributed by atoms with van der Waals surface area (Å²) in [6.45, 7) is 35.4. The highest BCUT2D eigenvalue weighted by Crippen LogP contribution is 2.64. The Labute approximate surface area is 565 Å². The lowest BCUT2D eigenvalue weighted by Gasteiger charge is -2.60. The van der Waals surface area contributed by atoms with Crippen molar-refractivity contribution in [1.29, 1.82) is 0 Å². The molecule has 1 aromatic rings. The van der Waals surface area contributed by atoms with Gasteiger partial charge in [-0.1, -0.05) is 67.8 Å². The number of rotatable bonds is 12. The van der Waals surface area contributed by atoms with Crippen LogP contribution in [0.4, 0.5) is 0 Å². The molecule has 4 aliphatic heterocycles. The highest BCUT2D eigenvalue weighted by Gasteiger charge is 2.71. The van der Waals surface area contributed by atoms with Crippen LogP contribution in [0, 0.1) is 40.9 Å². The van der Waals surface area contributed by atoms with Gasteiger partial charge in [-0.3, -0.25) is 43.5 Å². The number of hydrogen-bond acceptors (Lipinski definition) is 17. The van der Waals surface area contributed by atoms with E-state index in [0.717, 1.165) is 70.6 Å². The van der Waals surface area contributed by atoms with Crippen LogP contribution in [-0.2, 0) is 57.2 Å². The van der Waals surface area contributed by atoms with Crippen LogP contribution in [0.25, 0.3) is 0 Å². The van der Waals surface area contributed by atoms with Crippen molar-refractivity contribution in [2.24, 2.45) is 40.9 Å². The summed E-state index contributed by atoms with van der Waals surface area (Å²) in [4.78, 5) is 96.1. The molecule has 17 nitrogen and oxygen atoms in total. The number of esters is 7. The maximum absolute atomic E-state index is 13.7. The minimum atomic E-state index is -0.608. The summed E-state index contributed by atoms with van der Waals surface area (Å²) < 4.78 is 39.4. The average molecular weight is 1570 g/mol. The van der Waals surface area contributed by atoms with Crippen molar-refractivity contribution in [2.45, 2.75) is 281 Å². The first-order valence-electron chi connectivity index (χ1n) is 31.9. The van der Waals surface area contributed by atoms with Gasteiger partial charge in [-0.25, -0.2) is 4.79 Å². The number of carbonyl (C=O) groups is 7. The first-order valence-corrected chi connectivity index (χ1v) is 35.3. The lowest BCUT2D eigenvalue weighted by molar-refractivity contribution is -0.218. The summed E-state index contributed by atoms with van der Waals surface area (Å²) in [5, 5.41) is 0. The van der Waals surface area contributed by atoms with E-state index in [4.69, 9.17) is 33.2 Å². The summed E-state index contributed by atoms with van der Waals surface area (Å²) in [5.74, 6) is -1.86. The van der Waals surface area contributed by atoms with Gasteiger partial charge in [-0.05, 0) is 213 Å². The second kappa shape index (κ2) is 25.0. The van der Waals surface area contributed by atoms with E-state index in [0.29, 0.717) is 36.0 Å². The molecule has 0 aromatic heterocycles. The fourth-order valence-corrected chi connectivity index (χ4v) is 17.6. The van der Waals surface area contributed by atoms with Gasteiger partial charge in [0.2, 0.25) is 0 Å². The number of likely N-dealkylation sites (tertiary alicyclic amines) is 3. The summed E-state index contributed by atoms with van der Waals surface area (Å²) in [7, 11) is 6.40. The van der Waals surface area contributed by atoms with Crippen LogP contribution in [0.15, 0.2) is 24.3 Å². The Balaban J connectivity index is 0.000000171. The molecule has 88 heavy (non-hydrogen) atoms. The van der Waals surface area contributed by atoms with Crippen LogP contribution in [0.1, 0.15) is 212 Å². The number of halogens is 3. The van der Waals surface area contributed by atoms with E-state index in [1.54, 1.807) is 45.0 Å². The van der Waals surface area contributed by atoms with E-state index in [1.807, 2.05) is 59.0 Å². The maximum atomic E-state index is 13.7. The Morgan fingerprint density at radius 3 is 1.44 bits per heavy atom. The third-order valence-electron chi connectivity index (χ3n) is 22.1. The van der Waals surface area contributed by atoms with Crippen molar-refractivity contribution >= 4 is 110 Å². The number of benzene rings is 1. The molecule has 6 aliphatic carbocycles. The second-order valence-corrected chi connectivity index (χ2v) is 39.9. The highest BCUT2D eigenvalue weighted by atomic mass is 127. The topological polar surface area (TPSA) is 194 Å². The largest absolute Gasteiger partial charge is 0.462 e. The summed E-state index contributed by atoms with van der Waals surface area (Å²) in [6, 6.07) is 6.52. The smallest absolute Gasteiger partial charge is 0.338 e. The van der Waals surface area contributed by atoms with Crippen LogP contribution in [0.2, 0.25) is 0 Å². The average Bonchev–Trinajstić information content (AvgIpc) is 1.45. The van der Waals surface area contributed by atoms with Gasteiger partial charge in [0.25, 0.3) is 0 Å². The lowest BCUT2D eigenvalue weighted by Crippen LogP contribution is -2.62. The molecule has 4 saturated heterocycles. The van der Waals surface area contributed by atoms with Gasteiger partial charge < -0.3 is 33.2 Å². The van der Waals surface area contributed by atoms with E-state index < -0.39 is 41.9 Å². The number of hydrogen-bond donors (Lipinski definition) is 0. The van der Waals surface area contributed by atoms with Gasteiger partial charge in [-0.15, -0.1) is 0 Å². The molecule has 9 unspecified atom stereocenters. The summed E-state index contributed by atoms with van der Waals surface area (Å²) in [5.41, 5.74) is -0.828. The van der Waals surface area contributed by atoms with Crippen LogP contribution >= 0.6 is 67.8 Å². The molecule has 6 bridgehead atoms. The molecule has 0 radical (unpaired) electrons. The number of nitrogens with zero attached hydrogens (tertiary/aromatic N) is 3. The van der Waals surface area contributed by atoms with E-state index in [2.05, 4.69) is 142 Å². The Morgan fingerprint density at radius 2 is 1.01 bits per heavy atom. The van der Waals surface area contributed by atoms with Crippen molar-refractivity contribution < 1.29 is 66.7 Å². The standard InChI is InChI=1S/C25H40INO4.C22H32INO6.C21H30INO4/c1-21(2)13-18(14-22(3,4)27(21)7)30-20(29)24-9-16-8-17(10-24)12-25(11-16,15-24)31-19(28)23(5,6)26;1-10(23)18(25)29-16-12-7-13-15(20(27)30-17(13)16)14(12)19(26)28-11-8-21(2,3)24(6)22(4,5)9-11;1-19(2)12-16(13-20(3,4)23(19)7)26-17(24)14-8-10-15(11-9-14)27-18(25)21(5,6)22/h16-18H,8-15H2,1-7H3;10-17H,7-9H2,1-6H3;8-11,16H,12-13H2,1-7H3. The number of ether oxygens (including phenoxy) is 7. The third-order valence-corrected chi connectivity index (χ3v) is 23.4. The molecule has 11 rings (SSSR count). The number of piperidine rings is 3. The maximum Gasteiger partial charge on any atom is 0.338 e. The second-order valence-electron chi connectivity index (χ2n) is 32.6. The van der Waals surface area contributed by atoms with Gasteiger partial charge in [0.1, 0.15) is 52.6 Å². The summed E-state index contributed by atoms with van der Waals surface area (Å²) in [6.07, 6.45) is 9.48. The monoisotopic (exact) mass is 1570 g/mol. The molecule has 0 spiro atoms. The van der Waals surface area contributed by atoms with Gasteiger partial charge in [0.15, 0.2) is 0 Å². The van der Waals surface area contributed by atoms with Crippen molar-refractivity contribution in [3.63, 3.8) is 0 Å². The Hall–Kier alpha value is -2.42. The van der Waals surface area contributed by atoms with Crippen LogP contribution < -0.4 is 4.74 Å². The van der Waals surface area contributed by atoms with Crippen molar-refractivity contribution in [1.82, 2.24) is 14.7 Å². The minimum Gasteiger partial charge on any atom is -0.462 e. The fraction of sp³-hybridized carbons (Fsp3) is 0.809. The van der Waals surface area contributed by atoms with Crippen LogP contribution in [0.5, 0.6) is 5.75 Å². The predicted molar refractivity (Wildman–Crippen MR) is 360 cm³/mol. The molecule has 10 fully saturated rings. The van der Waals surface area contributed by atoms with Gasteiger partial charge in [0, 0.05) is 90.0 Å². The molecule has 494 valence electrons. The zero-order valence-corrected chi connectivity index (χ0v) is 62.6. The Kier molecular flexibility index (Phi) is 20.3. The van der Waals surface area contributed by atoms with Crippen molar-refractivity contribution in [2.75, 3.05) is 21.1 Å². The van der Waals surface area contributed by atoms with Gasteiger partial charge >= 0.3 is 41.8 Å². The first kappa shape index (κ1) is 71.4. The van der Waals surface area contributed by atoms with Crippen molar-refractivity contribution in [3.8, 4) is 5.75 Å². The molecule has 9 atom stereocenters. The van der Waals surface area contributed by atoms with E-state index in [1.165, 1.54) is 0 Å². The lowest BCUT2D eigenvalue weighted by atomic mass is 9.48. The molecule has 20 heteroatoms. The fourth-order valence-electron chi connectivity index (χ4n) is 17.3. The Bertz CT molecular complexity index is 2770. The molecular weight excluding hydrogens is 1460 g/mol. The normalized spacial score (nSPS) is 33.7. The predicted octanol–water partition coefficient (Wildman–Crippen LogP) is 12.6. The van der Waals surface area contributed by atoms with E-state index in [9.17, 15) is 33.6 Å². The van der Waals surface area contributed by atoms with Crippen LogP contribution in [-0.4, -0.2) is 158 Å². The molecule has 6 saturated carbocycles. The van der Waals surface area contributed by atoms with E-state index in [-0.39, 0.29) is 109 Å². The minimum absolute atomic E-state index is 0.0171. The third kappa shape index (κ3) is 15.1. The van der Waals surface area contributed by atoms with Gasteiger partial charge in [-0.2, -0.15) is 0 Å².